The van der Waals surface area contributed by atoms with Gasteiger partial charge in [-0.3, -0.25) is 4.90 Å². The fourth-order valence-corrected chi connectivity index (χ4v) is 3.88. The van der Waals surface area contributed by atoms with Gasteiger partial charge in [0.25, 0.3) is 0 Å². The van der Waals surface area contributed by atoms with Crippen LogP contribution in [0.2, 0.25) is 0 Å². The third-order valence-electron chi connectivity index (χ3n) is 4.69. The first-order valence-corrected chi connectivity index (χ1v) is 9.42. The molecule has 1 aliphatic rings. The standard InChI is InChI=1S/C19H20BrN3O2/c20-17-10-4-3-9-16(17)19-22-21-18(25-19)13-23(14-6-1-2-7-14)12-15-8-5-11-24-15/h3-5,8-11,14H,1-2,6-7,12-13H2. The minimum Gasteiger partial charge on any atom is -0.468 e. The topological polar surface area (TPSA) is 55.3 Å². The maximum Gasteiger partial charge on any atom is 0.248 e. The number of nitrogens with zero attached hydrogens (tertiary/aromatic N) is 3. The highest BCUT2D eigenvalue weighted by atomic mass is 79.9. The summed E-state index contributed by atoms with van der Waals surface area (Å²) < 4.78 is 12.4. The number of hydrogen-bond acceptors (Lipinski definition) is 5. The Morgan fingerprint density at radius 3 is 2.64 bits per heavy atom. The van der Waals surface area contributed by atoms with Crippen LogP contribution in [0.1, 0.15) is 37.3 Å². The minimum absolute atomic E-state index is 0.545. The molecule has 0 spiro atoms. The zero-order valence-corrected chi connectivity index (χ0v) is 15.5. The van der Waals surface area contributed by atoms with Crippen LogP contribution in [-0.2, 0) is 13.1 Å². The Morgan fingerprint density at radius 1 is 1.04 bits per heavy atom. The van der Waals surface area contributed by atoms with Gasteiger partial charge in [-0.2, -0.15) is 0 Å². The molecule has 1 fully saturated rings. The van der Waals surface area contributed by atoms with Gasteiger partial charge >= 0.3 is 0 Å². The summed E-state index contributed by atoms with van der Waals surface area (Å²) in [5.41, 5.74) is 0.916. The minimum atomic E-state index is 0.545. The fourth-order valence-electron chi connectivity index (χ4n) is 3.42. The number of benzene rings is 1. The van der Waals surface area contributed by atoms with E-state index in [1.807, 2.05) is 36.4 Å². The molecule has 5 nitrogen and oxygen atoms in total. The monoisotopic (exact) mass is 401 g/mol. The van der Waals surface area contributed by atoms with Crippen LogP contribution in [0.3, 0.4) is 0 Å². The summed E-state index contributed by atoms with van der Waals surface area (Å²) in [6.07, 6.45) is 6.72. The molecular weight excluding hydrogens is 382 g/mol. The van der Waals surface area contributed by atoms with Gasteiger partial charge in [0, 0.05) is 10.5 Å². The molecule has 0 unspecified atom stereocenters. The lowest BCUT2D eigenvalue weighted by Gasteiger charge is -2.26. The summed E-state index contributed by atoms with van der Waals surface area (Å²) in [4.78, 5) is 2.39. The molecule has 0 radical (unpaired) electrons. The van der Waals surface area contributed by atoms with Crippen LogP contribution < -0.4 is 0 Å². The molecule has 0 N–H and O–H groups in total. The van der Waals surface area contributed by atoms with Crippen molar-refractivity contribution < 1.29 is 8.83 Å². The van der Waals surface area contributed by atoms with Gasteiger partial charge in [0.15, 0.2) is 0 Å². The van der Waals surface area contributed by atoms with Crippen molar-refractivity contribution in [2.45, 2.75) is 44.8 Å². The molecule has 0 aliphatic heterocycles. The molecule has 130 valence electrons. The average Bonchev–Trinajstić information content (AvgIpc) is 3.38. The highest BCUT2D eigenvalue weighted by Gasteiger charge is 2.25. The lowest BCUT2D eigenvalue weighted by Crippen LogP contribution is -2.32. The van der Waals surface area contributed by atoms with Crippen molar-refractivity contribution >= 4 is 15.9 Å². The molecule has 4 rings (SSSR count). The summed E-state index contributed by atoms with van der Waals surface area (Å²) in [5, 5.41) is 8.49. The van der Waals surface area contributed by atoms with E-state index in [1.165, 1.54) is 25.7 Å². The number of halogens is 1. The lowest BCUT2D eigenvalue weighted by molar-refractivity contribution is 0.152. The number of rotatable bonds is 6. The Balaban J connectivity index is 1.53. The van der Waals surface area contributed by atoms with Crippen LogP contribution in [0.4, 0.5) is 0 Å². The predicted molar refractivity (Wildman–Crippen MR) is 97.6 cm³/mol. The van der Waals surface area contributed by atoms with Gasteiger partial charge < -0.3 is 8.83 Å². The van der Waals surface area contributed by atoms with Crippen molar-refractivity contribution in [1.29, 1.82) is 0 Å². The Bertz CT molecular complexity index is 810. The summed E-state index contributed by atoms with van der Waals surface area (Å²) in [6.45, 7) is 1.41. The van der Waals surface area contributed by atoms with E-state index in [4.69, 9.17) is 8.83 Å². The van der Waals surface area contributed by atoms with Crippen molar-refractivity contribution in [2.75, 3.05) is 0 Å². The summed E-state index contributed by atoms with van der Waals surface area (Å²) >= 11 is 3.54. The second-order valence-corrected chi connectivity index (χ2v) is 7.26. The second-order valence-electron chi connectivity index (χ2n) is 6.40. The number of hydrogen-bond donors (Lipinski definition) is 0. The largest absolute Gasteiger partial charge is 0.468 e. The van der Waals surface area contributed by atoms with Gasteiger partial charge in [0.1, 0.15) is 5.76 Å². The van der Waals surface area contributed by atoms with Crippen LogP contribution in [0.15, 0.2) is 56.0 Å². The van der Waals surface area contributed by atoms with E-state index >= 15 is 0 Å². The molecule has 3 aromatic rings. The summed E-state index contributed by atoms with van der Waals surface area (Å²) in [6, 6.07) is 12.4. The van der Waals surface area contributed by atoms with E-state index < -0.39 is 0 Å². The van der Waals surface area contributed by atoms with Gasteiger partial charge in [-0.15, -0.1) is 10.2 Å². The van der Waals surface area contributed by atoms with E-state index in [0.717, 1.165) is 22.3 Å². The van der Waals surface area contributed by atoms with Crippen molar-refractivity contribution in [3.05, 3.63) is 58.8 Å². The first-order chi connectivity index (χ1) is 12.3. The fraction of sp³-hybridized carbons (Fsp3) is 0.368. The van der Waals surface area contributed by atoms with E-state index in [0.29, 0.717) is 24.4 Å². The zero-order valence-electron chi connectivity index (χ0n) is 13.9. The third-order valence-corrected chi connectivity index (χ3v) is 5.38. The molecule has 2 heterocycles. The molecule has 1 aliphatic carbocycles. The van der Waals surface area contributed by atoms with Crippen molar-refractivity contribution in [3.63, 3.8) is 0 Å². The molecule has 6 heteroatoms. The molecule has 2 aromatic heterocycles. The molecule has 0 amide bonds. The Hall–Kier alpha value is -1.92. The van der Waals surface area contributed by atoms with Crippen LogP contribution in [0, 0.1) is 0 Å². The molecule has 0 bridgehead atoms. The smallest absolute Gasteiger partial charge is 0.248 e. The summed E-state index contributed by atoms with van der Waals surface area (Å²) in [7, 11) is 0. The quantitative estimate of drug-likeness (QED) is 0.579. The second kappa shape index (κ2) is 7.54. The highest BCUT2D eigenvalue weighted by molar-refractivity contribution is 9.10. The van der Waals surface area contributed by atoms with Crippen molar-refractivity contribution in [1.82, 2.24) is 15.1 Å². The van der Waals surface area contributed by atoms with Crippen LogP contribution in [-0.4, -0.2) is 21.1 Å². The van der Waals surface area contributed by atoms with Crippen molar-refractivity contribution in [3.8, 4) is 11.5 Å². The van der Waals surface area contributed by atoms with E-state index in [-0.39, 0.29) is 0 Å². The van der Waals surface area contributed by atoms with Crippen molar-refractivity contribution in [2.24, 2.45) is 0 Å². The zero-order chi connectivity index (χ0) is 17.1. The normalized spacial score (nSPS) is 15.3. The highest BCUT2D eigenvalue weighted by Crippen LogP contribution is 2.29. The molecule has 1 aromatic carbocycles. The Kier molecular flexibility index (Phi) is 4.99. The maximum absolute atomic E-state index is 5.94. The predicted octanol–water partition coefficient (Wildman–Crippen LogP) is 5.04. The van der Waals surface area contributed by atoms with Gasteiger partial charge in [-0.05, 0) is 53.0 Å². The Morgan fingerprint density at radius 2 is 1.88 bits per heavy atom. The maximum atomic E-state index is 5.94. The molecule has 1 saturated carbocycles. The van der Waals surface area contributed by atoms with Gasteiger partial charge in [0.2, 0.25) is 11.8 Å². The van der Waals surface area contributed by atoms with Crippen LogP contribution >= 0.6 is 15.9 Å². The van der Waals surface area contributed by atoms with Gasteiger partial charge in [-0.1, -0.05) is 25.0 Å². The molecule has 0 saturated heterocycles. The first kappa shape index (κ1) is 16.5. The lowest BCUT2D eigenvalue weighted by atomic mass is 10.2. The number of furan rings is 1. The average molecular weight is 402 g/mol. The Labute approximate surface area is 155 Å². The molecule has 25 heavy (non-hydrogen) atoms. The van der Waals surface area contributed by atoms with E-state index in [9.17, 15) is 0 Å². The van der Waals surface area contributed by atoms with Gasteiger partial charge in [-0.25, -0.2) is 0 Å². The van der Waals surface area contributed by atoms with E-state index in [2.05, 4.69) is 31.0 Å². The first-order valence-electron chi connectivity index (χ1n) is 8.63. The SMILES string of the molecule is Brc1ccccc1-c1nnc(CN(Cc2ccco2)C2CCCC2)o1. The van der Waals surface area contributed by atoms with Gasteiger partial charge in [0.05, 0.1) is 24.9 Å². The third kappa shape index (κ3) is 3.85. The molecular formula is C19H20BrN3O2. The summed E-state index contributed by atoms with van der Waals surface area (Å²) in [5.74, 6) is 2.16. The number of aromatic nitrogens is 2. The van der Waals surface area contributed by atoms with Crippen LogP contribution in [0.25, 0.3) is 11.5 Å². The van der Waals surface area contributed by atoms with Crippen LogP contribution in [0.5, 0.6) is 0 Å². The van der Waals surface area contributed by atoms with E-state index in [1.54, 1.807) is 6.26 Å². The molecule has 0 atom stereocenters.